The number of fused-ring (bicyclic) bond motifs is 3. The van der Waals surface area contributed by atoms with E-state index in [0.29, 0.717) is 26.2 Å². The number of carbonyl (C=O) groups excluding carboxylic acids is 2. The van der Waals surface area contributed by atoms with E-state index in [1.807, 2.05) is 23.1 Å². The summed E-state index contributed by atoms with van der Waals surface area (Å²) in [5, 5.41) is 3.83. The van der Waals surface area contributed by atoms with Crippen molar-refractivity contribution in [1.82, 2.24) is 15.2 Å². The minimum atomic E-state index is -0.120. The molecule has 140 valence electrons. The Hall–Kier alpha value is -2.54. The second-order valence-corrected chi connectivity index (χ2v) is 6.40. The van der Waals surface area contributed by atoms with Crippen molar-refractivity contribution in [2.45, 2.75) is 25.8 Å². The standard InChI is InChI=1S/C19H25N3O4/c1-25-10-8-20-18(23)5-6-19(24)22-9-7-17-15(12-22)14-11-13(26-2)3-4-16(14)21-17/h3-4,11,21H,5-10,12H2,1-2H3,(H,20,23). The van der Waals surface area contributed by atoms with E-state index < -0.39 is 0 Å². The van der Waals surface area contributed by atoms with Crippen LogP contribution in [0.25, 0.3) is 10.9 Å². The van der Waals surface area contributed by atoms with Crippen molar-refractivity contribution < 1.29 is 19.1 Å². The van der Waals surface area contributed by atoms with E-state index in [1.165, 1.54) is 5.69 Å². The number of hydrogen-bond donors (Lipinski definition) is 2. The molecule has 0 radical (unpaired) electrons. The van der Waals surface area contributed by atoms with Gasteiger partial charge < -0.3 is 24.7 Å². The maximum absolute atomic E-state index is 12.5. The Morgan fingerprint density at radius 1 is 1.27 bits per heavy atom. The summed E-state index contributed by atoms with van der Waals surface area (Å²) >= 11 is 0. The summed E-state index contributed by atoms with van der Waals surface area (Å²) in [6, 6.07) is 5.93. The lowest BCUT2D eigenvalue weighted by molar-refractivity contribution is -0.134. The van der Waals surface area contributed by atoms with Crippen molar-refractivity contribution >= 4 is 22.7 Å². The first kappa shape index (κ1) is 18.3. The lowest BCUT2D eigenvalue weighted by Crippen LogP contribution is -2.36. The Bertz CT molecular complexity index is 799. The number of hydrogen-bond acceptors (Lipinski definition) is 4. The van der Waals surface area contributed by atoms with Gasteiger partial charge >= 0.3 is 0 Å². The van der Waals surface area contributed by atoms with Gasteiger partial charge in [0.2, 0.25) is 11.8 Å². The summed E-state index contributed by atoms with van der Waals surface area (Å²) in [5.74, 6) is 0.690. The fourth-order valence-corrected chi connectivity index (χ4v) is 3.29. The van der Waals surface area contributed by atoms with Crippen molar-refractivity contribution in [3.05, 3.63) is 29.5 Å². The number of methoxy groups -OCH3 is 2. The number of rotatable bonds is 7. The third-order valence-electron chi connectivity index (χ3n) is 4.73. The lowest BCUT2D eigenvalue weighted by atomic mass is 10.0. The zero-order valence-electron chi connectivity index (χ0n) is 15.3. The van der Waals surface area contributed by atoms with Crippen LogP contribution in [0.5, 0.6) is 5.75 Å². The summed E-state index contributed by atoms with van der Waals surface area (Å²) in [6.07, 6.45) is 1.21. The normalized spacial score (nSPS) is 13.5. The van der Waals surface area contributed by atoms with E-state index in [-0.39, 0.29) is 24.7 Å². The summed E-state index contributed by atoms with van der Waals surface area (Å²) in [4.78, 5) is 29.5. The SMILES string of the molecule is COCCNC(=O)CCC(=O)N1CCc2[nH]c3ccc(OC)cc3c2C1. The summed E-state index contributed by atoms with van der Waals surface area (Å²) in [5.41, 5.74) is 3.38. The van der Waals surface area contributed by atoms with E-state index in [4.69, 9.17) is 9.47 Å². The molecule has 1 aromatic heterocycles. The highest BCUT2D eigenvalue weighted by Gasteiger charge is 2.24. The second kappa shape index (κ2) is 8.23. The minimum Gasteiger partial charge on any atom is -0.497 e. The average Bonchev–Trinajstić information content (AvgIpc) is 3.03. The largest absolute Gasteiger partial charge is 0.497 e. The molecule has 1 aliphatic rings. The predicted molar refractivity (Wildman–Crippen MR) is 98.1 cm³/mol. The quantitative estimate of drug-likeness (QED) is 0.736. The van der Waals surface area contributed by atoms with E-state index in [9.17, 15) is 9.59 Å². The first-order chi connectivity index (χ1) is 12.6. The molecule has 2 aromatic rings. The van der Waals surface area contributed by atoms with Crippen molar-refractivity contribution in [1.29, 1.82) is 0 Å². The number of carbonyl (C=O) groups is 2. The third-order valence-corrected chi connectivity index (χ3v) is 4.73. The number of nitrogens with one attached hydrogen (secondary N) is 2. The van der Waals surface area contributed by atoms with E-state index in [1.54, 1.807) is 14.2 Å². The number of aromatic nitrogens is 1. The number of H-pyrrole nitrogens is 1. The molecule has 0 aliphatic carbocycles. The minimum absolute atomic E-state index is 0.00906. The first-order valence-corrected chi connectivity index (χ1v) is 8.83. The van der Waals surface area contributed by atoms with Crippen molar-refractivity contribution in [2.24, 2.45) is 0 Å². The lowest BCUT2D eigenvalue weighted by Gasteiger charge is -2.27. The van der Waals surface area contributed by atoms with Crippen LogP contribution in [-0.4, -0.2) is 55.6 Å². The van der Waals surface area contributed by atoms with E-state index in [0.717, 1.165) is 28.6 Å². The molecular weight excluding hydrogens is 334 g/mol. The second-order valence-electron chi connectivity index (χ2n) is 6.40. The number of ether oxygens (including phenoxy) is 2. The fraction of sp³-hybridized carbons (Fsp3) is 0.474. The van der Waals surface area contributed by atoms with Crippen molar-refractivity contribution in [3.8, 4) is 5.75 Å². The predicted octanol–water partition coefficient (Wildman–Crippen LogP) is 1.60. The number of aromatic amines is 1. The molecule has 7 heteroatoms. The molecular formula is C19H25N3O4. The van der Waals surface area contributed by atoms with Gasteiger partial charge in [0.1, 0.15) is 5.75 Å². The van der Waals surface area contributed by atoms with Gasteiger partial charge in [0.15, 0.2) is 0 Å². The molecule has 3 rings (SSSR count). The van der Waals surface area contributed by atoms with Crippen LogP contribution in [0.1, 0.15) is 24.1 Å². The van der Waals surface area contributed by atoms with Gasteiger partial charge in [0.25, 0.3) is 0 Å². The van der Waals surface area contributed by atoms with E-state index in [2.05, 4.69) is 10.3 Å². The number of amides is 2. The van der Waals surface area contributed by atoms with Crippen LogP contribution in [-0.2, 0) is 27.3 Å². The highest BCUT2D eigenvalue weighted by Crippen LogP contribution is 2.30. The highest BCUT2D eigenvalue weighted by atomic mass is 16.5. The Kier molecular flexibility index (Phi) is 5.78. The third kappa shape index (κ3) is 3.99. The molecule has 0 bridgehead atoms. The number of benzene rings is 1. The topological polar surface area (TPSA) is 83.7 Å². The maximum atomic E-state index is 12.5. The zero-order chi connectivity index (χ0) is 18.5. The Balaban J connectivity index is 1.62. The van der Waals surface area contributed by atoms with Gasteiger partial charge in [-0.05, 0) is 18.2 Å². The molecule has 2 amide bonds. The van der Waals surface area contributed by atoms with Gasteiger partial charge in [-0.3, -0.25) is 9.59 Å². The maximum Gasteiger partial charge on any atom is 0.223 e. The molecule has 0 saturated heterocycles. The fourth-order valence-electron chi connectivity index (χ4n) is 3.29. The number of nitrogens with zero attached hydrogens (tertiary/aromatic N) is 1. The summed E-state index contributed by atoms with van der Waals surface area (Å²) in [7, 11) is 3.23. The van der Waals surface area contributed by atoms with E-state index >= 15 is 0 Å². The van der Waals surface area contributed by atoms with Crippen LogP contribution >= 0.6 is 0 Å². The molecule has 2 heterocycles. The van der Waals surface area contributed by atoms with Crippen molar-refractivity contribution in [2.75, 3.05) is 33.9 Å². The molecule has 1 aromatic carbocycles. The molecule has 0 spiro atoms. The molecule has 7 nitrogen and oxygen atoms in total. The van der Waals surface area contributed by atoms with Gasteiger partial charge in [-0.15, -0.1) is 0 Å². The summed E-state index contributed by atoms with van der Waals surface area (Å²) < 4.78 is 10.2. The Morgan fingerprint density at radius 3 is 2.88 bits per heavy atom. The van der Waals surface area contributed by atoms with Gasteiger partial charge in [0.05, 0.1) is 13.7 Å². The Labute approximate surface area is 152 Å². The van der Waals surface area contributed by atoms with Crippen LogP contribution in [0.15, 0.2) is 18.2 Å². The summed E-state index contributed by atoms with van der Waals surface area (Å²) in [6.45, 7) is 2.17. The highest BCUT2D eigenvalue weighted by molar-refractivity contribution is 5.88. The van der Waals surface area contributed by atoms with Crippen LogP contribution in [0.2, 0.25) is 0 Å². The molecule has 0 atom stereocenters. The average molecular weight is 359 g/mol. The van der Waals surface area contributed by atoms with Crippen LogP contribution in [0.3, 0.4) is 0 Å². The zero-order valence-corrected chi connectivity index (χ0v) is 15.3. The van der Waals surface area contributed by atoms with Crippen LogP contribution in [0.4, 0.5) is 0 Å². The Morgan fingerprint density at radius 2 is 2.12 bits per heavy atom. The monoisotopic (exact) mass is 359 g/mol. The molecule has 26 heavy (non-hydrogen) atoms. The first-order valence-electron chi connectivity index (χ1n) is 8.83. The smallest absolute Gasteiger partial charge is 0.223 e. The molecule has 0 fully saturated rings. The van der Waals surface area contributed by atoms with Gasteiger partial charge in [-0.25, -0.2) is 0 Å². The van der Waals surface area contributed by atoms with Crippen LogP contribution in [0, 0.1) is 0 Å². The van der Waals surface area contributed by atoms with Gasteiger partial charge in [0, 0.05) is 68.2 Å². The molecule has 0 saturated carbocycles. The molecule has 0 unspecified atom stereocenters. The van der Waals surface area contributed by atoms with Crippen LogP contribution < -0.4 is 10.1 Å². The molecule has 2 N–H and O–H groups in total. The molecule has 1 aliphatic heterocycles. The van der Waals surface area contributed by atoms with Crippen molar-refractivity contribution in [3.63, 3.8) is 0 Å². The van der Waals surface area contributed by atoms with Gasteiger partial charge in [-0.1, -0.05) is 0 Å². The van der Waals surface area contributed by atoms with Gasteiger partial charge in [-0.2, -0.15) is 0 Å².